The van der Waals surface area contributed by atoms with Gasteiger partial charge in [0.25, 0.3) is 0 Å². The van der Waals surface area contributed by atoms with Crippen LogP contribution in [0.25, 0.3) is 0 Å². The molecule has 0 aromatic heterocycles. The van der Waals surface area contributed by atoms with E-state index in [9.17, 15) is 18.0 Å². The van der Waals surface area contributed by atoms with Crippen LogP contribution in [0.3, 0.4) is 0 Å². The van der Waals surface area contributed by atoms with Crippen molar-refractivity contribution in [3.05, 3.63) is 42.5 Å². The summed E-state index contributed by atoms with van der Waals surface area (Å²) >= 11 is 0. The predicted octanol–water partition coefficient (Wildman–Crippen LogP) is 2.52. The number of unbranched alkanes of at least 4 members (excludes halogenated alkanes) is 1. The number of carbonyl (C=O) groups excluding carboxylic acids is 2. The number of anilines is 1. The maximum Gasteiger partial charge on any atom is 0.413 e. The fourth-order valence-electron chi connectivity index (χ4n) is 2.62. The van der Waals surface area contributed by atoms with Gasteiger partial charge in [0.05, 0.1) is 25.1 Å². The Morgan fingerprint density at radius 1 is 1.09 bits per heavy atom. The van der Waals surface area contributed by atoms with Crippen molar-refractivity contribution in [2.24, 2.45) is 10.7 Å². The van der Waals surface area contributed by atoms with E-state index in [2.05, 4.69) is 20.4 Å². The fraction of sp³-hybridized carbons (Fsp3) is 0.318. The lowest BCUT2D eigenvalue weighted by molar-refractivity contribution is -0.119. The third-order valence-corrected chi connectivity index (χ3v) is 5.49. The number of aliphatic imine (C=N–C) groups is 1. The lowest BCUT2D eigenvalue weighted by Crippen LogP contribution is -2.36. The highest BCUT2D eigenvalue weighted by Crippen LogP contribution is 2.32. The number of nitrogens with one attached hydrogen (secondary N) is 2. The van der Waals surface area contributed by atoms with E-state index in [0.29, 0.717) is 12.4 Å². The van der Waals surface area contributed by atoms with Gasteiger partial charge in [0.1, 0.15) is 23.0 Å². The number of benzene rings is 2. The van der Waals surface area contributed by atoms with Crippen LogP contribution in [0.2, 0.25) is 0 Å². The number of hydrogen-bond acceptors (Lipinski definition) is 9. The Morgan fingerprint density at radius 2 is 1.86 bits per heavy atom. The van der Waals surface area contributed by atoms with E-state index in [-0.39, 0.29) is 34.6 Å². The molecule has 13 heteroatoms. The van der Waals surface area contributed by atoms with Gasteiger partial charge in [-0.1, -0.05) is 19.4 Å². The highest BCUT2D eigenvalue weighted by Gasteiger charge is 2.19. The molecule has 2 aromatic carbocycles. The van der Waals surface area contributed by atoms with Crippen LogP contribution in [0.4, 0.5) is 16.2 Å². The summed E-state index contributed by atoms with van der Waals surface area (Å²) in [6.07, 6.45) is 0.901. The lowest BCUT2D eigenvalue weighted by Gasteiger charge is -2.13. The van der Waals surface area contributed by atoms with Crippen molar-refractivity contribution in [3.8, 4) is 11.5 Å². The van der Waals surface area contributed by atoms with Gasteiger partial charge in [0.15, 0.2) is 0 Å². The average Bonchev–Trinajstić information content (AvgIpc) is 2.81. The van der Waals surface area contributed by atoms with Crippen molar-refractivity contribution in [1.82, 2.24) is 5.32 Å². The third-order valence-electron chi connectivity index (χ3n) is 4.24. The lowest BCUT2D eigenvalue weighted by atomic mass is 10.2. The topological polar surface area (TPSA) is 168 Å². The second-order valence-corrected chi connectivity index (χ2v) is 8.53. The summed E-state index contributed by atoms with van der Waals surface area (Å²) in [6.45, 7) is 2.24. The third kappa shape index (κ3) is 8.79. The number of methoxy groups -OCH3 is 2. The van der Waals surface area contributed by atoms with Gasteiger partial charge in [-0.05, 0) is 30.7 Å². The van der Waals surface area contributed by atoms with Crippen LogP contribution in [0.5, 0.6) is 11.5 Å². The molecule has 190 valence electrons. The number of amides is 2. The Bertz CT molecular complexity index is 1170. The van der Waals surface area contributed by atoms with Gasteiger partial charge >= 0.3 is 16.2 Å². The summed E-state index contributed by atoms with van der Waals surface area (Å²) in [5.41, 5.74) is 5.87. The van der Waals surface area contributed by atoms with E-state index in [1.807, 2.05) is 6.92 Å². The second-order valence-electron chi connectivity index (χ2n) is 6.99. The van der Waals surface area contributed by atoms with Crippen LogP contribution in [-0.2, 0) is 24.4 Å². The Kier molecular flexibility index (Phi) is 10.3. The molecule has 0 saturated heterocycles. The quantitative estimate of drug-likeness (QED) is 0.179. The number of guanidine groups is 1. The van der Waals surface area contributed by atoms with Crippen LogP contribution < -0.4 is 25.3 Å². The number of nitrogens with two attached hydrogens (primary N) is 1. The van der Waals surface area contributed by atoms with E-state index < -0.39 is 22.1 Å². The molecule has 0 heterocycles. The van der Waals surface area contributed by atoms with Crippen LogP contribution in [0.15, 0.2) is 52.4 Å². The van der Waals surface area contributed by atoms with Gasteiger partial charge in [0, 0.05) is 19.2 Å². The van der Waals surface area contributed by atoms with Crippen LogP contribution >= 0.6 is 0 Å². The molecule has 0 aliphatic carbocycles. The molecular weight excluding hydrogens is 480 g/mol. The number of carbonyl (C=O) groups is 2. The molecule has 2 amide bonds. The van der Waals surface area contributed by atoms with Gasteiger partial charge < -0.3 is 29.4 Å². The molecule has 0 aliphatic rings. The largest absolute Gasteiger partial charge is 0.494 e. The first-order valence-corrected chi connectivity index (χ1v) is 11.9. The first-order chi connectivity index (χ1) is 16.7. The Labute approximate surface area is 203 Å². The highest BCUT2D eigenvalue weighted by molar-refractivity contribution is 7.87. The van der Waals surface area contributed by atoms with Crippen molar-refractivity contribution >= 4 is 39.5 Å². The molecule has 0 radical (unpaired) electrons. The van der Waals surface area contributed by atoms with E-state index in [1.54, 1.807) is 12.1 Å². The molecule has 0 unspecified atom stereocenters. The normalized spacial score (nSPS) is 11.5. The molecule has 35 heavy (non-hydrogen) atoms. The summed E-state index contributed by atoms with van der Waals surface area (Å²) in [5, 5.41) is 4.71. The number of ether oxygens (including phenoxy) is 3. The second kappa shape index (κ2) is 13.2. The Morgan fingerprint density at radius 3 is 2.54 bits per heavy atom. The zero-order chi connectivity index (χ0) is 25.8. The Balaban J connectivity index is 2.34. The first kappa shape index (κ1) is 27.4. The van der Waals surface area contributed by atoms with Crippen molar-refractivity contribution in [1.29, 1.82) is 0 Å². The van der Waals surface area contributed by atoms with Crippen molar-refractivity contribution in [3.63, 3.8) is 0 Å². The molecule has 0 atom stereocenters. The molecule has 0 aliphatic heterocycles. The van der Waals surface area contributed by atoms with Gasteiger partial charge in [-0.15, -0.1) is 0 Å². The minimum absolute atomic E-state index is 0.00713. The minimum atomic E-state index is -4.24. The minimum Gasteiger partial charge on any atom is -0.494 e. The summed E-state index contributed by atoms with van der Waals surface area (Å²) in [6, 6.07) is 9.85. The number of nitrogens with zero attached hydrogens (tertiary/aromatic N) is 1. The molecule has 0 saturated carbocycles. The number of hydrogen-bond donors (Lipinski definition) is 3. The average molecular weight is 509 g/mol. The zero-order valence-corrected chi connectivity index (χ0v) is 20.4. The van der Waals surface area contributed by atoms with Crippen molar-refractivity contribution in [2.45, 2.75) is 24.7 Å². The van der Waals surface area contributed by atoms with Crippen molar-refractivity contribution in [2.75, 3.05) is 32.8 Å². The first-order valence-electron chi connectivity index (χ1n) is 10.5. The number of rotatable bonds is 11. The molecule has 0 fully saturated rings. The zero-order valence-electron chi connectivity index (χ0n) is 19.6. The van der Waals surface area contributed by atoms with Crippen LogP contribution in [-0.4, -0.2) is 53.8 Å². The van der Waals surface area contributed by atoms with Crippen LogP contribution in [0, 0.1) is 0 Å². The van der Waals surface area contributed by atoms with Gasteiger partial charge in [-0.3, -0.25) is 10.1 Å². The summed E-state index contributed by atoms with van der Waals surface area (Å²) < 4.78 is 45.8. The maximum atomic E-state index is 12.9. The molecular formula is C22H28N4O8S. The highest BCUT2D eigenvalue weighted by atomic mass is 32.2. The fourth-order valence-corrected chi connectivity index (χ4v) is 3.58. The van der Waals surface area contributed by atoms with E-state index in [4.69, 9.17) is 19.4 Å². The van der Waals surface area contributed by atoms with Gasteiger partial charge in [-0.25, -0.2) is 9.79 Å². The van der Waals surface area contributed by atoms with E-state index in [1.165, 1.54) is 37.4 Å². The predicted molar refractivity (Wildman–Crippen MR) is 128 cm³/mol. The molecule has 0 spiro atoms. The monoisotopic (exact) mass is 508 g/mol. The van der Waals surface area contributed by atoms with E-state index in [0.717, 1.165) is 20.0 Å². The SMILES string of the molecule is CCCCOc1cccc(S(=O)(=O)Oc2ccc(NC(=O)COC)c(N=C(N)NC(=O)OC)c2)c1. The molecule has 2 aromatic rings. The van der Waals surface area contributed by atoms with E-state index >= 15 is 0 Å². The molecule has 12 nitrogen and oxygen atoms in total. The number of alkyl carbamates (subject to hydrolysis) is 1. The van der Waals surface area contributed by atoms with Crippen molar-refractivity contribution < 1.29 is 36.4 Å². The smallest absolute Gasteiger partial charge is 0.413 e. The summed E-state index contributed by atoms with van der Waals surface area (Å²) in [4.78, 5) is 27.2. The summed E-state index contributed by atoms with van der Waals surface area (Å²) in [7, 11) is -1.75. The molecule has 4 N–H and O–H groups in total. The molecule has 0 bridgehead atoms. The van der Waals surface area contributed by atoms with Crippen LogP contribution in [0.1, 0.15) is 19.8 Å². The van der Waals surface area contributed by atoms with Gasteiger partial charge in [0.2, 0.25) is 11.9 Å². The van der Waals surface area contributed by atoms with Gasteiger partial charge in [-0.2, -0.15) is 8.42 Å². The molecule has 2 rings (SSSR count). The maximum absolute atomic E-state index is 12.9. The Hall–Kier alpha value is -3.84. The standard InChI is InChI=1S/C22H28N4O8S/c1-4-5-11-33-15-7-6-8-17(12-15)35(29,30)34-16-9-10-18(24-20(27)14-31-2)19(13-16)25-21(23)26-22(28)32-3/h6-10,12-13H,4-5,11,14H2,1-3H3,(H,24,27)(H3,23,25,26,28). The summed E-state index contributed by atoms with van der Waals surface area (Å²) in [5.74, 6) is -0.580.